The molecular weight excluding hydrogens is 599 g/mol. The smallest absolute Gasteiger partial charge is 0.410 e. The molecule has 1 aliphatic heterocycles. The molecule has 2 amide bonds. The van der Waals surface area contributed by atoms with Crippen LogP contribution in [0.1, 0.15) is 76.5 Å². The van der Waals surface area contributed by atoms with Crippen LogP contribution in [0.3, 0.4) is 0 Å². The number of amides is 2. The standard InChI is InChI=1S/C35H49N5O5Si/c1-35(2,3)45-34(43)39-17-16-31(39)33(42)40(22-27-13-12-26(21-36-27)25-10-8-7-9-11-25)28-14-15-29-30(20-28)37-23-38(32(29)41)24-44-18-19-46(4,5)6/h12-15,20-21,23,25,31H,7-11,16-19,22,24H2,1-6H3/t31-/m1/s1. The summed E-state index contributed by atoms with van der Waals surface area (Å²) in [6, 6.07) is 9.74. The van der Waals surface area contributed by atoms with E-state index in [9.17, 15) is 14.4 Å². The molecule has 2 aromatic heterocycles. The number of carbonyl (C=O) groups excluding carboxylic acids is 2. The number of hydrogen-bond acceptors (Lipinski definition) is 7. The number of benzene rings is 1. The van der Waals surface area contributed by atoms with Crippen molar-refractivity contribution in [1.29, 1.82) is 0 Å². The number of fused-ring (bicyclic) bond motifs is 1. The van der Waals surface area contributed by atoms with Gasteiger partial charge in [0.1, 0.15) is 24.7 Å². The van der Waals surface area contributed by atoms with Crippen LogP contribution in [0.15, 0.2) is 47.7 Å². The molecule has 0 bridgehead atoms. The molecule has 2 fully saturated rings. The maximum absolute atomic E-state index is 14.1. The molecular formula is C35H49N5O5Si. The Kier molecular flexibility index (Phi) is 10.3. The third-order valence-electron chi connectivity index (χ3n) is 8.79. The van der Waals surface area contributed by atoms with Crippen molar-refractivity contribution in [3.8, 4) is 0 Å². The highest BCUT2D eigenvalue weighted by Gasteiger charge is 2.42. The van der Waals surface area contributed by atoms with Gasteiger partial charge in [-0.15, -0.1) is 0 Å². The molecule has 1 aliphatic carbocycles. The minimum Gasteiger partial charge on any atom is -0.444 e. The van der Waals surface area contributed by atoms with Crippen LogP contribution in [0.5, 0.6) is 0 Å². The topological polar surface area (TPSA) is 107 Å². The highest BCUT2D eigenvalue weighted by Crippen LogP contribution is 2.33. The Balaban J connectivity index is 1.40. The first kappa shape index (κ1) is 33.8. The lowest BCUT2D eigenvalue weighted by Gasteiger charge is -2.42. The number of anilines is 1. The summed E-state index contributed by atoms with van der Waals surface area (Å²) in [6.45, 7) is 13.7. The van der Waals surface area contributed by atoms with Gasteiger partial charge in [0.05, 0.1) is 23.1 Å². The Labute approximate surface area is 273 Å². The molecule has 248 valence electrons. The SMILES string of the molecule is CC(C)(C)OC(=O)N1CC[C@@H]1C(=O)N(Cc1ccc(C2CCCCC2)cn1)c1ccc2c(=O)n(COCC[Si](C)(C)C)cnc2c1. The highest BCUT2D eigenvalue weighted by molar-refractivity contribution is 6.76. The number of pyridine rings is 1. The van der Waals surface area contributed by atoms with E-state index in [1.807, 2.05) is 33.0 Å². The average Bonchev–Trinajstić information content (AvgIpc) is 2.97. The van der Waals surface area contributed by atoms with Crippen molar-refractivity contribution < 1.29 is 19.1 Å². The first-order valence-corrected chi connectivity index (χ1v) is 20.3. The third kappa shape index (κ3) is 8.41. The van der Waals surface area contributed by atoms with Crippen molar-refractivity contribution in [2.24, 2.45) is 0 Å². The summed E-state index contributed by atoms with van der Waals surface area (Å²) in [7, 11) is -1.24. The van der Waals surface area contributed by atoms with E-state index >= 15 is 0 Å². The molecule has 2 aliphatic rings. The summed E-state index contributed by atoms with van der Waals surface area (Å²) in [5.74, 6) is 0.311. The summed E-state index contributed by atoms with van der Waals surface area (Å²) in [4.78, 5) is 52.8. The fourth-order valence-corrected chi connectivity index (χ4v) is 6.73. The Morgan fingerprint density at radius 1 is 1.02 bits per heavy atom. The van der Waals surface area contributed by atoms with E-state index in [-0.39, 0.29) is 24.7 Å². The lowest BCUT2D eigenvalue weighted by molar-refractivity contribution is -0.128. The van der Waals surface area contributed by atoms with E-state index in [1.165, 1.54) is 53.5 Å². The van der Waals surface area contributed by atoms with Crippen molar-refractivity contribution in [3.63, 3.8) is 0 Å². The van der Waals surface area contributed by atoms with Crippen molar-refractivity contribution in [1.82, 2.24) is 19.4 Å². The van der Waals surface area contributed by atoms with Gasteiger partial charge in [0.25, 0.3) is 5.56 Å². The number of hydrogen-bond donors (Lipinski definition) is 0. The number of carbonyl (C=O) groups is 2. The molecule has 0 radical (unpaired) electrons. The summed E-state index contributed by atoms with van der Waals surface area (Å²) in [6.07, 6.45) is 9.64. The maximum Gasteiger partial charge on any atom is 0.410 e. The summed E-state index contributed by atoms with van der Waals surface area (Å²) < 4.78 is 12.8. The monoisotopic (exact) mass is 647 g/mol. The Hall–Kier alpha value is -3.57. The predicted octanol–water partition coefficient (Wildman–Crippen LogP) is 6.69. The van der Waals surface area contributed by atoms with Crippen LogP contribution in [-0.4, -0.2) is 64.3 Å². The molecule has 10 nitrogen and oxygen atoms in total. The zero-order valence-corrected chi connectivity index (χ0v) is 29.3. The van der Waals surface area contributed by atoms with Gasteiger partial charge in [-0.2, -0.15) is 0 Å². The van der Waals surface area contributed by atoms with Gasteiger partial charge in [0.15, 0.2) is 0 Å². The number of nitrogens with zero attached hydrogens (tertiary/aromatic N) is 5. The van der Waals surface area contributed by atoms with Crippen molar-refractivity contribution in [2.75, 3.05) is 18.1 Å². The van der Waals surface area contributed by atoms with Gasteiger partial charge in [-0.1, -0.05) is 45.0 Å². The molecule has 1 atom stereocenters. The first-order chi connectivity index (χ1) is 21.8. The maximum atomic E-state index is 14.1. The molecule has 0 spiro atoms. The van der Waals surface area contributed by atoms with Crippen LogP contribution in [0.2, 0.25) is 25.7 Å². The quantitative estimate of drug-likeness (QED) is 0.178. The fraction of sp³-hybridized carbons (Fsp3) is 0.571. The van der Waals surface area contributed by atoms with Gasteiger partial charge < -0.3 is 14.4 Å². The largest absolute Gasteiger partial charge is 0.444 e. The van der Waals surface area contributed by atoms with E-state index in [0.29, 0.717) is 42.1 Å². The molecule has 1 saturated heterocycles. The van der Waals surface area contributed by atoms with Crippen LogP contribution in [0.4, 0.5) is 10.5 Å². The second kappa shape index (κ2) is 14.0. The zero-order valence-electron chi connectivity index (χ0n) is 28.3. The van der Waals surface area contributed by atoms with Crippen LogP contribution in [0.25, 0.3) is 10.9 Å². The van der Waals surface area contributed by atoms with Crippen LogP contribution < -0.4 is 10.5 Å². The number of aromatic nitrogens is 3. The number of rotatable bonds is 10. The van der Waals surface area contributed by atoms with Gasteiger partial charge in [-0.05, 0) is 81.8 Å². The normalized spacial score (nSPS) is 17.5. The van der Waals surface area contributed by atoms with Crippen molar-refractivity contribution in [3.05, 3.63) is 64.5 Å². The van der Waals surface area contributed by atoms with E-state index in [2.05, 4.69) is 30.7 Å². The number of likely N-dealkylation sites (tertiary alicyclic amines) is 1. The Bertz CT molecular complexity index is 1590. The molecule has 3 aromatic rings. The second-order valence-corrected chi connectivity index (χ2v) is 20.5. The van der Waals surface area contributed by atoms with Gasteiger partial charge in [0, 0.05) is 33.1 Å². The lowest BCUT2D eigenvalue weighted by Crippen LogP contribution is -2.59. The fourth-order valence-electron chi connectivity index (χ4n) is 5.98. The van der Waals surface area contributed by atoms with Crippen molar-refractivity contribution >= 4 is 36.7 Å². The average molecular weight is 648 g/mol. The predicted molar refractivity (Wildman–Crippen MR) is 183 cm³/mol. The molecule has 0 N–H and O–H groups in total. The summed E-state index contributed by atoms with van der Waals surface area (Å²) in [5.41, 5.74) is 2.19. The Morgan fingerprint density at radius 2 is 1.78 bits per heavy atom. The van der Waals surface area contributed by atoms with E-state index < -0.39 is 25.8 Å². The minimum absolute atomic E-state index is 0.142. The highest BCUT2D eigenvalue weighted by atomic mass is 28.3. The van der Waals surface area contributed by atoms with Gasteiger partial charge in [-0.25, -0.2) is 9.78 Å². The molecule has 1 aromatic carbocycles. The first-order valence-electron chi connectivity index (χ1n) is 16.6. The van der Waals surface area contributed by atoms with Crippen LogP contribution in [-0.2, 0) is 27.5 Å². The van der Waals surface area contributed by atoms with Gasteiger partial charge in [0.2, 0.25) is 5.91 Å². The molecule has 5 rings (SSSR count). The molecule has 3 heterocycles. The molecule has 1 saturated carbocycles. The van der Waals surface area contributed by atoms with Crippen LogP contribution >= 0.6 is 0 Å². The van der Waals surface area contributed by atoms with E-state index in [1.54, 1.807) is 23.1 Å². The summed E-state index contributed by atoms with van der Waals surface area (Å²) in [5, 5.41) is 0.446. The van der Waals surface area contributed by atoms with Gasteiger partial charge >= 0.3 is 6.09 Å². The Morgan fingerprint density at radius 3 is 2.41 bits per heavy atom. The second-order valence-electron chi connectivity index (χ2n) is 14.9. The van der Waals surface area contributed by atoms with Crippen molar-refractivity contribution in [2.45, 2.75) is 116 Å². The van der Waals surface area contributed by atoms with E-state index in [4.69, 9.17) is 14.5 Å². The number of ether oxygens (including phenoxy) is 2. The molecule has 46 heavy (non-hydrogen) atoms. The minimum atomic E-state index is -1.24. The van der Waals surface area contributed by atoms with Gasteiger partial charge in [-0.3, -0.25) is 24.0 Å². The lowest BCUT2D eigenvalue weighted by atomic mass is 9.85. The zero-order chi connectivity index (χ0) is 33.1. The molecule has 11 heteroatoms. The van der Waals surface area contributed by atoms with Crippen LogP contribution in [0, 0.1) is 0 Å². The third-order valence-corrected chi connectivity index (χ3v) is 10.5. The molecule has 0 unspecified atom stereocenters. The summed E-state index contributed by atoms with van der Waals surface area (Å²) >= 11 is 0. The van der Waals surface area contributed by atoms with E-state index in [0.717, 1.165) is 11.7 Å².